The fourth-order valence-corrected chi connectivity index (χ4v) is 4.16. The van der Waals surface area contributed by atoms with E-state index in [1.54, 1.807) is 25.1 Å². The SMILES string of the molecule is CC(O)CNC(=O)c1ccc2c(c1)NC(Nc1nc3ccc(OC(F)(F)F)cc3s1)N2C. The first-order chi connectivity index (χ1) is 15.1. The number of carbonyl (C=O) groups is 1. The van der Waals surface area contributed by atoms with Gasteiger partial charge in [0.15, 0.2) is 11.4 Å². The van der Waals surface area contributed by atoms with E-state index in [9.17, 15) is 23.1 Å². The van der Waals surface area contributed by atoms with Crippen LogP contribution >= 0.6 is 11.3 Å². The fraction of sp³-hybridized carbons (Fsp3) is 0.300. The van der Waals surface area contributed by atoms with Gasteiger partial charge in [-0.3, -0.25) is 4.79 Å². The van der Waals surface area contributed by atoms with Crippen LogP contribution in [0, 0.1) is 0 Å². The Morgan fingerprint density at radius 3 is 2.84 bits per heavy atom. The van der Waals surface area contributed by atoms with E-state index in [1.165, 1.54) is 29.5 Å². The zero-order chi connectivity index (χ0) is 23.0. The van der Waals surface area contributed by atoms with E-state index in [0.717, 1.165) is 11.4 Å². The molecule has 1 aliphatic rings. The largest absolute Gasteiger partial charge is 0.573 e. The minimum atomic E-state index is -4.76. The molecule has 3 aromatic rings. The Bertz CT molecular complexity index is 1150. The molecular weight excluding hydrogens is 447 g/mol. The maximum atomic E-state index is 12.5. The van der Waals surface area contributed by atoms with Crippen molar-refractivity contribution in [3.8, 4) is 5.75 Å². The predicted molar refractivity (Wildman–Crippen MR) is 116 cm³/mol. The number of alkyl halides is 3. The maximum Gasteiger partial charge on any atom is 0.573 e. The van der Waals surface area contributed by atoms with Gasteiger partial charge in [0.25, 0.3) is 5.91 Å². The molecule has 4 rings (SSSR count). The van der Waals surface area contributed by atoms with Crippen LogP contribution in [0.25, 0.3) is 10.2 Å². The van der Waals surface area contributed by atoms with Crippen molar-refractivity contribution in [2.45, 2.75) is 25.7 Å². The zero-order valence-corrected chi connectivity index (χ0v) is 17.8. The standard InChI is InChI=1S/C20H20F3N5O3S/c1-10(29)9-24-17(30)11-3-6-15-14(7-11)25-18(28(15)2)27-19-26-13-5-4-12(8-16(13)32-19)31-20(21,22)23/h3-8,10,18,25,29H,9H2,1-2H3,(H,24,30)(H,26,27). The first kappa shape index (κ1) is 22.0. The summed E-state index contributed by atoms with van der Waals surface area (Å²) in [6, 6.07) is 9.20. The number of carbonyl (C=O) groups excluding carboxylic acids is 1. The molecule has 0 spiro atoms. The van der Waals surface area contributed by atoms with Gasteiger partial charge in [0.05, 0.1) is 27.7 Å². The lowest BCUT2D eigenvalue weighted by Crippen LogP contribution is -2.39. The van der Waals surface area contributed by atoms with Crippen LogP contribution < -0.4 is 25.6 Å². The van der Waals surface area contributed by atoms with Crippen molar-refractivity contribution in [3.63, 3.8) is 0 Å². The van der Waals surface area contributed by atoms with Crippen molar-refractivity contribution in [1.82, 2.24) is 10.3 Å². The zero-order valence-electron chi connectivity index (χ0n) is 17.0. The molecule has 12 heteroatoms. The molecule has 2 unspecified atom stereocenters. The van der Waals surface area contributed by atoms with Gasteiger partial charge < -0.3 is 30.7 Å². The maximum absolute atomic E-state index is 12.5. The fourth-order valence-electron chi connectivity index (χ4n) is 3.24. The van der Waals surface area contributed by atoms with Crippen molar-refractivity contribution >= 4 is 44.0 Å². The second kappa shape index (κ2) is 8.36. The molecular formula is C20H20F3N5O3S. The summed E-state index contributed by atoms with van der Waals surface area (Å²) in [5, 5.41) is 19.0. The van der Waals surface area contributed by atoms with Crippen LogP contribution in [-0.4, -0.2) is 48.3 Å². The van der Waals surface area contributed by atoms with Gasteiger partial charge in [-0.2, -0.15) is 0 Å². The summed E-state index contributed by atoms with van der Waals surface area (Å²) in [5.74, 6) is -0.595. The normalized spacial score (nSPS) is 16.4. The van der Waals surface area contributed by atoms with E-state index in [2.05, 4.69) is 25.7 Å². The summed E-state index contributed by atoms with van der Waals surface area (Å²) in [6.45, 7) is 1.74. The van der Waals surface area contributed by atoms with Crippen molar-refractivity contribution in [1.29, 1.82) is 0 Å². The number of aliphatic hydroxyl groups excluding tert-OH is 1. The molecule has 2 aromatic carbocycles. The quantitative estimate of drug-likeness (QED) is 0.440. The summed E-state index contributed by atoms with van der Waals surface area (Å²) in [4.78, 5) is 18.6. The number of halogens is 3. The highest BCUT2D eigenvalue weighted by atomic mass is 32.1. The topological polar surface area (TPSA) is 98.8 Å². The van der Waals surface area contributed by atoms with Crippen LogP contribution in [0.15, 0.2) is 36.4 Å². The average molecular weight is 467 g/mol. The second-order valence-electron chi connectivity index (χ2n) is 7.29. The Morgan fingerprint density at radius 1 is 1.34 bits per heavy atom. The molecule has 8 nitrogen and oxygen atoms in total. The Balaban J connectivity index is 1.47. The minimum Gasteiger partial charge on any atom is -0.406 e. The third-order valence-electron chi connectivity index (χ3n) is 4.73. The number of ether oxygens (including phenoxy) is 1. The third-order valence-corrected chi connectivity index (χ3v) is 5.68. The molecule has 0 saturated heterocycles. The van der Waals surface area contributed by atoms with Crippen molar-refractivity contribution in [2.75, 3.05) is 29.1 Å². The molecule has 0 radical (unpaired) electrons. The Kier molecular flexibility index (Phi) is 5.73. The number of aliphatic hydroxyl groups is 1. The first-order valence-electron chi connectivity index (χ1n) is 9.61. The lowest BCUT2D eigenvalue weighted by molar-refractivity contribution is -0.274. The Labute approximate surface area is 185 Å². The van der Waals surface area contributed by atoms with Crippen molar-refractivity contribution in [3.05, 3.63) is 42.0 Å². The van der Waals surface area contributed by atoms with Crippen LogP contribution in [-0.2, 0) is 0 Å². The van der Waals surface area contributed by atoms with Gasteiger partial charge in [0.2, 0.25) is 0 Å². The van der Waals surface area contributed by atoms with Crippen molar-refractivity contribution in [2.24, 2.45) is 0 Å². The van der Waals surface area contributed by atoms with E-state index < -0.39 is 12.5 Å². The van der Waals surface area contributed by atoms with Gasteiger partial charge in [0, 0.05) is 25.2 Å². The summed E-state index contributed by atoms with van der Waals surface area (Å²) < 4.78 is 41.9. The molecule has 170 valence electrons. The van der Waals surface area contributed by atoms with Gasteiger partial charge in [-0.1, -0.05) is 11.3 Å². The molecule has 0 aliphatic carbocycles. The number of nitrogens with zero attached hydrogens (tertiary/aromatic N) is 2. The van der Waals surface area contributed by atoms with Crippen LogP contribution in [0.5, 0.6) is 5.75 Å². The van der Waals surface area contributed by atoms with Gasteiger partial charge in [0.1, 0.15) is 5.75 Å². The molecule has 0 fully saturated rings. The van der Waals surface area contributed by atoms with Crippen LogP contribution in [0.1, 0.15) is 17.3 Å². The number of hydrogen-bond donors (Lipinski definition) is 4. The average Bonchev–Trinajstić information content (AvgIpc) is 3.24. The number of rotatable bonds is 6. The van der Waals surface area contributed by atoms with E-state index >= 15 is 0 Å². The lowest BCUT2D eigenvalue weighted by atomic mass is 10.1. The number of benzene rings is 2. The monoisotopic (exact) mass is 467 g/mol. The van der Waals surface area contributed by atoms with E-state index in [1.807, 2.05) is 11.9 Å². The third kappa shape index (κ3) is 4.81. The molecule has 2 heterocycles. The molecule has 0 saturated carbocycles. The smallest absolute Gasteiger partial charge is 0.406 e. The van der Waals surface area contributed by atoms with Crippen LogP contribution in [0.3, 0.4) is 0 Å². The Hall–Kier alpha value is -3.25. The highest BCUT2D eigenvalue weighted by Crippen LogP contribution is 2.36. The Morgan fingerprint density at radius 2 is 2.12 bits per heavy atom. The molecule has 0 bridgehead atoms. The second-order valence-corrected chi connectivity index (χ2v) is 8.32. The van der Waals surface area contributed by atoms with Crippen LogP contribution in [0.2, 0.25) is 0 Å². The summed E-state index contributed by atoms with van der Waals surface area (Å²) in [6.07, 6.45) is -5.78. The molecule has 4 N–H and O–H groups in total. The van der Waals surface area contributed by atoms with E-state index in [4.69, 9.17) is 0 Å². The lowest BCUT2D eigenvalue weighted by Gasteiger charge is -2.22. The molecule has 1 aliphatic heterocycles. The van der Waals surface area contributed by atoms with E-state index in [0.29, 0.717) is 20.9 Å². The highest BCUT2D eigenvalue weighted by molar-refractivity contribution is 7.22. The minimum absolute atomic E-state index is 0.154. The molecule has 32 heavy (non-hydrogen) atoms. The van der Waals surface area contributed by atoms with Gasteiger partial charge in [-0.05, 0) is 37.3 Å². The number of anilines is 3. The first-order valence-corrected chi connectivity index (χ1v) is 10.4. The number of aromatic nitrogens is 1. The molecule has 1 aromatic heterocycles. The van der Waals surface area contributed by atoms with Gasteiger partial charge in [-0.15, -0.1) is 13.2 Å². The summed E-state index contributed by atoms with van der Waals surface area (Å²) >= 11 is 1.20. The van der Waals surface area contributed by atoms with Gasteiger partial charge in [-0.25, -0.2) is 4.98 Å². The molecule has 2 atom stereocenters. The number of fused-ring (bicyclic) bond motifs is 2. The molecule has 1 amide bonds. The predicted octanol–water partition coefficient (Wildman–Crippen LogP) is 3.56. The van der Waals surface area contributed by atoms with E-state index in [-0.39, 0.29) is 24.5 Å². The number of hydrogen-bond acceptors (Lipinski definition) is 8. The number of nitrogens with one attached hydrogen (secondary N) is 3. The van der Waals surface area contributed by atoms with Crippen LogP contribution in [0.4, 0.5) is 29.7 Å². The summed E-state index contributed by atoms with van der Waals surface area (Å²) in [7, 11) is 1.85. The highest BCUT2D eigenvalue weighted by Gasteiger charge is 2.31. The summed E-state index contributed by atoms with van der Waals surface area (Å²) in [5.41, 5.74) is 2.58. The van der Waals surface area contributed by atoms with Gasteiger partial charge >= 0.3 is 6.36 Å². The number of amides is 1. The number of thiazole rings is 1. The van der Waals surface area contributed by atoms with Crippen molar-refractivity contribution < 1.29 is 27.8 Å².